The standard InChI is InChI=1S/C13H16F3NO3/c1-8(2)19-5-6-20-12(18)10-4-3-9(7-11(10)17)13(14,15)16/h3-4,7-8H,5-6,17H2,1-2H3. The number of carbonyl (C=O) groups excluding carboxylic acids is 1. The predicted molar refractivity (Wildman–Crippen MR) is 67.2 cm³/mol. The molecule has 0 spiro atoms. The summed E-state index contributed by atoms with van der Waals surface area (Å²) in [6.07, 6.45) is -4.49. The van der Waals surface area contributed by atoms with Gasteiger partial charge in [-0.25, -0.2) is 4.79 Å². The second kappa shape index (κ2) is 6.60. The largest absolute Gasteiger partial charge is 0.460 e. The first-order chi connectivity index (χ1) is 9.21. The second-order valence-electron chi connectivity index (χ2n) is 4.36. The van der Waals surface area contributed by atoms with Gasteiger partial charge in [-0.2, -0.15) is 13.2 Å². The lowest BCUT2D eigenvalue weighted by Crippen LogP contribution is -2.15. The first-order valence-corrected chi connectivity index (χ1v) is 5.97. The molecular weight excluding hydrogens is 275 g/mol. The van der Waals surface area contributed by atoms with E-state index in [1.54, 1.807) is 0 Å². The molecule has 0 aliphatic heterocycles. The van der Waals surface area contributed by atoms with E-state index < -0.39 is 17.7 Å². The normalized spacial score (nSPS) is 11.7. The van der Waals surface area contributed by atoms with Crippen molar-refractivity contribution in [3.05, 3.63) is 29.3 Å². The Labute approximate surface area is 114 Å². The number of alkyl halides is 3. The van der Waals surface area contributed by atoms with Crippen molar-refractivity contribution in [3.8, 4) is 0 Å². The van der Waals surface area contributed by atoms with E-state index in [1.807, 2.05) is 13.8 Å². The highest BCUT2D eigenvalue weighted by Crippen LogP contribution is 2.31. The van der Waals surface area contributed by atoms with Crippen LogP contribution in [0.3, 0.4) is 0 Å². The molecule has 20 heavy (non-hydrogen) atoms. The van der Waals surface area contributed by atoms with Crippen LogP contribution in [0.1, 0.15) is 29.8 Å². The van der Waals surface area contributed by atoms with Gasteiger partial charge in [0.2, 0.25) is 0 Å². The molecule has 0 atom stereocenters. The van der Waals surface area contributed by atoms with Gasteiger partial charge in [-0.15, -0.1) is 0 Å². The van der Waals surface area contributed by atoms with Crippen LogP contribution in [0, 0.1) is 0 Å². The number of rotatable bonds is 5. The SMILES string of the molecule is CC(C)OCCOC(=O)c1ccc(C(F)(F)F)cc1N. The lowest BCUT2D eigenvalue weighted by Gasteiger charge is -2.11. The minimum atomic E-state index is -4.50. The molecule has 0 radical (unpaired) electrons. The number of ether oxygens (including phenoxy) is 2. The minimum Gasteiger partial charge on any atom is -0.460 e. The zero-order valence-electron chi connectivity index (χ0n) is 11.2. The third-order valence-electron chi connectivity index (χ3n) is 2.37. The summed E-state index contributed by atoms with van der Waals surface area (Å²) in [5.41, 5.74) is 4.17. The van der Waals surface area contributed by atoms with Crippen molar-refractivity contribution in [2.24, 2.45) is 0 Å². The molecule has 1 aromatic rings. The second-order valence-corrected chi connectivity index (χ2v) is 4.36. The highest BCUT2D eigenvalue weighted by atomic mass is 19.4. The zero-order valence-corrected chi connectivity index (χ0v) is 11.2. The fraction of sp³-hybridized carbons (Fsp3) is 0.462. The van der Waals surface area contributed by atoms with Crippen LogP contribution in [0.25, 0.3) is 0 Å². The summed E-state index contributed by atoms with van der Waals surface area (Å²) in [6, 6.07) is 2.50. The Kier molecular flexibility index (Phi) is 5.38. The summed E-state index contributed by atoms with van der Waals surface area (Å²) in [7, 11) is 0. The number of nitrogens with two attached hydrogens (primary N) is 1. The van der Waals surface area contributed by atoms with E-state index in [0.29, 0.717) is 6.07 Å². The molecule has 0 saturated heterocycles. The van der Waals surface area contributed by atoms with Gasteiger partial charge < -0.3 is 15.2 Å². The number of carbonyl (C=O) groups is 1. The number of nitrogen functional groups attached to an aromatic ring is 1. The molecule has 0 aliphatic carbocycles. The Morgan fingerprint density at radius 2 is 1.95 bits per heavy atom. The fourth-order valence-electron chi connectivity index (χ4n) is 1.42. The van der Waals surface area contributed by atoms with Crippen LogP contribution in [-0.4, -0.2) is 25.3 Å². The van der Waals surface area contributed by atoms with Crippen LogP contribution in [0.2, 0.25) is 0 Å². The molecular formula is C13H16F3NO3. The maximum atomic E-state index is 12.4. The molecule has 0 fully saturated rings. The van der Waals surface area contributed by atoms with Crippen LogP contribution < -0.4 is 5.73 Å². The molecule has 4 nitrogen and oxygen atoms in total. The average Bonchev–Trinajstić information content (AvgIpc) is 2.32. The Morgan fingerprint density at radius 3 is 2.45 bits per heavy atom. The number of esters is 1. The summed E-state index contributed by atoms with van der Waals surface area (Å²) < 4.78 is 47.3. The summed E-state index contributed by atoms with van der Waals surface area (Å²) in [4.78, 5) is 11.6. The van der Waals surface area contributed by atoms with Gasteiger partial charge in [-0.1, -0.05) is 0 Å². The molecule has 0 saturated carbocycles. The Morgan fingerprint density at radius 1 is 1.30 bits per heavy atom. The van der Waals surface area contributed by atoms with E-state index in [1.165, 1.54) is 0 Å². The lowest BCUT2D eigenvalue weighted by atomic mass is 10.1. The van der Waals surface area contributed by atoms with Crippen LogP contribution >= 0.6 is 0 Å². The van der Waals surface area contributed by atoms with Gasteiger partial charge in [0.25, 0.3) is 0 Å². The number of halogens is 3. The van der Waals surface area contributed by atoms with E-state index in [4.69, 9.17) is 15.2 Å². The lowest BCUT2D eigenvalue weighted by molar-refractivity contribution is -0.137. The van der Waals surface area contributed by atoms with Gasteiger partial charge in [0.1, 0.15) is 6.61 Å². The van der Waals surface area contributed by atoms with E-state index in [9.17, 15) is 18.0 Å². The van der Waals surface area contributed by atoms with Gasteiger partial charge in [-0.05, 0) is 32.0 Å². The average molecular weight is 291 g/mol. The topological polar surface area (TPSA) is 61.5 Å². The zero-order chi connectivity index (χ0) is 15.3. The van der Waals surface area contributed by atoms with Gasteiger partial charge in [0.15, 0.2) is 0 Å². The maximum absolute atomic E-state index is 12.4. The first-order valence-electron chi connectivity index (χ1n) is 5.97. The summed E-state index contributed by atoms with van der Waals surface area (Å²) in [5.74, 6) is -0.774. The summed E-state index contributed by atoms with van der Waals surface area (Å²) in [5, 5.41) is 0. The first kappa shape index (κ1) is 16.3. The Balaban J connectivity index is 2.65. The highest BCUT2D eigenvalue weighted by molar-refractivity contribution is 5.95. The quantitative estimate of drug-likeness (QED) is 0.515. The summed E-state index contributed by atoms with van der Waals surface area (Å²) in [6.45, 7) is 3.88. The van der Waals surface area contributed by atoms with E-state index in [-0.39, 0.29) is 30.6 Å². The van der Waals surface area contributed by atoms with Gasteiger partial charge >= 0.3 is 12.1 Å². The van der Waals surface area contributed by atoms with Crippen molar-refractivity contribution < 1.29 is 27.4 Å². The molecule has 112 valence electrons. The molecule has 1 aromatic carbocycles. The van der Waals surface area contributed by atoms with E-state index >= 15 is 0 Å². The van der Waals surface area contributed by atoms with Gasteiger partial charge in [0.05, 0.1) is 23.8 Å². The van der Waals surface area contributed by atoms with Gasteiger partial charge in [0, 0.05) is 5.69 Å². The van der Waals surface area contributed by atoms with Crippen molar-refractivity contribution in [1.82, 2.24) is 0 Å². The monoisotopic (exact) mass is 291 g/mol. The van der Waals surface area contributed by atoms with E-state index in [0.717, 1.165) is 12.1 Å². The molecule has 1 rings (SSSR count). The molecule has 0 amide bonds. The van der Waals surface area contributed by atoms with E-state index in [2.05, 4.69) is 0 Å². The number of hydrogen-bond acceptors (Lipinski definition) is 4. The predicted octanol–water partition coefficient (Wildman–Crippen LogP) is 2.87. The van der Waals surface area contributed by atoms with Gasteiger partial charge in [-0.3, -0.25) is 0 Å². The highest BCUT2D eigenvalue weighted by Gasteiger charge is 2.31. The maximum Gasteiger partial charge on any atom is 0.416 e. The van der Waals surface area contributed by atoms with Crippen LogP contribution in [0.5, 0.6) is 0 Å². The molecule has 0 heterocycles. The molecule has 0 bridgehead atoms. The molecule has 0 aromatic heterocycles. The Bertz CT molecular complexity index is 472. The summed E-state index contributed by atoms with van der Waals surface area (Å²) >= 11 is 0. The van der Waals surface area contributed by atoms with Crippen molar-refractivity contribution in [2.75, 3.05) is 18.9 Å². The van der Waals surface area contributed by atoms with Crippen molar-refractivity contribution in [1.29, 1.82) is 0 Å². The van der Waals surface area contributed by atoms with Crippen LogP contribution in [0.4, 0.5) is 18.9 Å². The number of hydrogen-bond donors (Lipinski definition) is 1. The third kappa shape index (κ3) is 4.73. The molecule has 7 heteroatoms. The number of anilines is 1. The molecule has 0 unspecified atom stereocenters. The third-order valence-corrected chi connectivity index (χ3v) is 2.37. The van der Waals surface area contributed by atoms with Crippen molar-refractivity contribution in [2.45, 2.75) is 26.1 Å². The number of benzene rings is 1. The molecule has 2 N–H and O–H groups in total. The Hall–Kier alpha value is -1.76. The minimum absolute atomic E-state index is 0.00448. The molecule has 0 aliphatic rings. The fourth-order valence-corrected chi connectivity index (χ4v) is 1.42. The van der Waals surface area contributed by atoms with Crippen LogP contribution in [0.15, 0.2) is 18.2 Å². The van der Waals surface area contributed by atoms with Crippen molar-refractivity contribution in [3.63, 3.8) is 0 Å². The smallest absolute Gasteiger partial charge is 0.416 e. The van der Waals surface area contributed by atoms with Crippen molar-refractivity contribution >= 4 is 11.7 Å². The van der Waals surface area contributed by atoms with Crippen LogP contribution in [-0.2, 0) is 15.7 Å².